The third-order valence-corrected chi connectivity index (χ3v) is 4.03. The molecular weight excluding hydrogens is 354 g/mol. The van der Waals surface area contributed by atoms with Gasteiger partial charge >= 0.3 is 0 Å². The Labute approximate surface area is 143 Å². The molecule has 0 spiro atoms. The van der Waals surface area contributed by atoms with Crippen LogP contribution in [0.15, 0.2) is 53.0 Å². The first-order chi connectivity index (χ1) is 10.9. The Balaban J connectivity index is 1.89. The number of ether oxygens (including phenoxy) is 1. The van der Waals surface area contributed by atoms with E-state index in [1.165, 1.54) is 0 Å². The number of nitrogens with two attached hydrogens (primary N) is 1. The number of hydrogen-bond donors (Lipinski definition) is 1. The van der Waals surface area contributed by atoms with Crippen LogP contribution < -0.4 is 10.5 Å². The second-order valence-electron chi connectivity index (χ2n) is 6.04. The van der Waals surface area contributed by atoms with Gasteiger partial charge in [0.05, 0.1) is 11.2 Å². The molecule has 0 saturated heterocycles. The summed E-state index contributed by atoms with van der Waals surface area (Å²) in [5.74, 6) is 1.11. The normalized spacial score (nSPS) is 11.6. The predicted molar refractivity (Wildman–Crippen MR) is 96.5 cm³/mol. The number of halogens is 1. The first-order valence-corrected chi connectivity index (χ1v) is 8.18. The molecule has 0 atom stereocenters. The van der Waals surface area contributed by atoms with Gasteiger partial charge in [0.25, 0.3) is 0 Å². The maximum atomic E-state index is 6.13. The van der Waals surface area contributed by atoms with Gasteiger partial charge in [0.2, 0.25) is 5.95 Å². The number of nitrogens with zero attached hydrogens (tertiary/aromatic N) is 2. The van der Waals surface area contributed by atoms with E-state index in [-0.39, 0.29) is 5.95 Å². The first kappa shape index (κ1) is 15.7. The van der Waals surface area contributed by atoms with Gasteiger partial charge in [-0.25, -0.2) is 9.97 Å². The highest BCUT2D eigenvalue weighted by atomic mass is 79.9. The average Bonchev–Trinajstić information content (AvgIpc) is 2.49. The molecule has 0 bridgehead atoms. The second-order valence-corrected chi connectivity index (χ2v) is 6.95. The Kier molecular flexibility index (Phi) is 4.22. The van der Waals surface area contributed by atoms with Crippen LogP contribution in [0.5, 0.6) is 5.75 Å². The minimum Gasteiger partial charge on any atom is -0.487 e. The van der Waals surface area contributed by atoms with E-state index in [1.807, 2.05) is 62.4 Å². The summed E-state index contributed by atoms with van der Waals surface area (Å²) in [5.41, 5.74) is 7.18. The Bertz CT molecular complexity index is 831. The third kappa shape index (κ3) is 3.79. The van der Waals surface area contributed by atoms with Crippen molar-refractivity contribution in [3.8, 4) is 5.75 Å². The van der Waals surface area contributed by atoms with Crippen LogP contribution in [0.4, 0.5) is 5.95 Å². The van der Waals surface area contributed by atoms with Crippen LogP contribution in [0, 0.1) is 0 Å². The molecule has 5 heteroatoms. The molecule has 2 N–H and O–H groups in total. The van der Waals surface area contributed by atoms with Gasteiger partial charge in [-0.05, 0) is 44.2 Å². The van der Waals surface area contributed by atoms with E-state index in [0.29, 0.717) is 6.42 Å². The van der Waals surface area contributed by atoms with Crippen LogP contribution in [0.1, 0.15) is 19.5 Å². The Morgan fingerprint density at radius 1 is 1.04 bits per heavy atom. The number of benzene rings is 2. The molecule has 23 heavy (non-hydrogen) atoms. The van der Waals surface area contributed by atoms with Gasteiger partial charge in [0, 0.05) is 16.3 Å². The van der Waals surface area contributed by atoms with Gasteiger partial charge < -0.3 is 10.5 Å². The molecule has 0 aliphatic heterocycles. The van der Waals surface area contributed by atoms with Crippen molar-refractivity contribution < 1.29 is 4.74 Å². The van der Waals surface area contributed by atoms with E-state index in [2.05, 4.69) is 25.9 Å². The van der Waals surface area contributed by atoms with E-state index in [4.69, 9.17) is 10.5 Å². The summed E-state index contributed by atoms with van der Waals surface area (Å²) in [5, 5.41) is 1.01. The lowest BCUT2D eigenvalue weighted by Gasteiger charge is -2.26. The standard InChI is InChI=1S/C18H18BrN3O/c1-18(2,23-13-9-7-12(19)8-10-13)11-16-14-5-3-4-6-15(14)21-17(20)22-16/h3-10H,11H2,1-2H3,(H2,20,21,22). The topological polar surface area (TPSA) is 61.0 Å². The zero-order valence-electron chi connectivity index (χ0n) is 13.1. The molecule has 0 aliphatic rings. The third-order valence-electron chi connectivity index (χ3n) is 3.50. The molecule has 0 radical (unpaired) electrons. The summed E-state index contributed by atoms with van der Waals surface area (Å²) < 4.78 is 7.15. The van der Waals surface area contributed by atoms with Crippen LogP contribution in [0.2, 0.25) is 0 Å². The summed E-state index contributed by atoms with van der Waals surface area (Å²) in [7, 11) is 0. The van der Waals surface area contributed by atoms with E-state index < -0.39 is 5.60 Å². The highest BCUT2D eigenvalue weighted by Gasteiger charge is 2.23. The van der Waals surface area contributed by atoms with E-state index in [1.54, 1.807) is 0 Å². The summed E-state index contributed by atoms with van der Waals surface area (Å²) in [6.45, 7) is 4.09. The fraction of sp³-hybridized carbons (Fsp3) is 0.222. The Morgan fingerprint density at radius 3 is 2.48 bits per heavy atom. The minimum absolute atomic E-state index is 0.290. The van der Waals surface area contributed by atoms with Gasteiger partial charge in [-0.2, -0.15) is 0 Å². The molecule has 1 aromatic heterocycles. The van der Waals surface area contributed by atoms with Crippen molar-refractivity contribution in [1.82, 2.24) is 9.97 Å². The van der Waals surface area contributed by atoms with Gasteiger partial charge in [-0.1, -0.05) is 34.1 Å². The maximum absolute atomic E-state index is 6.13. The summed E-state index contributed by atoms with van der Waals surface area (Å²) >= 11 is 3.43. The summed E-state index contributed by atoms with van der Waals surface area (Å²) in [6, 6.07) is 15.7. The summed E-state index contributed by atoms with van der Waals surface area (Å²) in [4.78, 5) is 8.70. The molecule has 4 nitrogen and oxygen atoms in total. The monoisotopic (exact) mass is 371 g/mol. The predicted octanol–water partition coefficient (Wildman–Crippen LogP) is 4.37. The quantitative estimate of drug-likeness (QED) is 0.739. The van der Waals surface area contributed by atoms with Gasteiger partial charge in [0.15, 0.2) is 0 Å². The van der Waals surface area contributed by atoms with Crippen LogP contribution in [-0.4, -0.2) is 15.6 Å². The number of anilines is 1. The molecule has 118 valence electrons. The van der Waals surface area contributed by atoms with Crippen molar-refractivity contribution in [2.75, 3.05) is 5.73 Å². The number of para-hydroxylation sites is 1. The van der Waals surface area contributed by atoms with Crippen molar-refractivity contribution in [1.29, 1.82) is 0 Å². The van der Waals surface area contributed by atoms with Crippen LogP contribution >= 0.6 is 15.9 Å². The van der Waals surface area contributed by atoms with E-state index in [9.17, 15) is 0 Å². The van der Waals surface area contributed by atoms with Crippen molar-refractivity contribution in [2.24, 2.45) is 0 Å². The van der Waals surface area contributed by atoms with Crippen LogP contribution in [0.3, 0.4) is 0 Å². The smallest absolute Gasteiger partial charge is 0.220 e. The first-order valence-electron chi connectivity index (χ1n) is 7.39. The largest absolute Gasteiger partial charge is 0.487 e. The highest BCUT2D eigenvalue weighted by Crippen LogP contribution is 2.26. The zero-order chi connectivity index (χ0) is 16.4. The number of rotatable bonds is 4. The molecule has 0 fully saturated rings. The maximum Gasteiger partial charge on any atom is 0.220 e. The van der Waals surface area contributed by atoms with Gasteiger partial charge in [-0.3, -0.25) is 0 Å². The summed E-state index contributed by atoms with van der Waals surface area (Å²) in [6.07, 6.45) is 0.635. The van der Waals surface area contributed by atoms with Crippen molar-refractivity contribution in [3.63, 3.8) is 0 Å². The lowest BCUT2D eigenvalue weighted by Crippen LogP contribution is -2.31. The molecule has 0 amide bonds. The lowest BCUT2D eigenvalue weighted by atomic mass is 9.99. The molecule has 0 unspecified atom stereocenters. The van der Waals surface area contributed by atoms with E-state index in [0.717, 1.165) is 26.8 Å². The Hall–Kier alpha value is -2.14. The number of fused-ring (bicyclic) bond motifs is 1. The lowest BCUT2D eigenvalue weighted by molar-refractivity contribution is 0.109. The van der Waals surface area contributed by atoms with Crippen LogP contribution in [0.25, 0.3) is 10.9 Å². The van der Waals surface area contributed by atoms with Crippen LogP contribution in [-0.2, 0) is 6.42 Å². The fourth-order valence-corrected chi connectivity index (χ4v) is 2.82. The molecule has 3 aromatic rings. The molecule has 2 aromatic carbocycles. The van der Waals surface area contributed by atoms with Gasteiger partial charge in [0.1, 0.15) is 11.4 Å². The minimum atomic E-state index is -0.419. The number of aromatic nitrogens is 2. The highest BCUT2D eigenvalue weighted by molar-refractivity contribution is 9.10. The van der Waals surface area contributed by atoms with E-state index >= 15 is 0 Å². The Morgan fingerprint density at radius 2 is 1.74 bits per heavy atom. The molecule has 1 heterocycles. The molecule has 0 aliphatic carbocycles. The number of hydrogen-bond acceptors (Lipinski definition) is 4. The average molecular weight is 372 g/mol. The van der Waals surface area contributed by atoms with Gasteiger partial charge in [-0.15, -0.1) is 0 Å². The molecule has 0 saturated carbocycles. The molecular formula is C18H18BrN3O. The molecule has 3 rings (SSSR count). The van der Waals surface area contributed by atoms with Crippen molar-refractivity contribution in [2.45, 2.75) is 25.9 Å². The number of nitrogen functional groups attached to an aromatic ring is 1. The zero-order valence-corrected chi connectivity index (χ0v) is 14.7. The SMILES string of the molecule is CC(C)(Cc1nc(N)nc2ccccc12)Oc1ccc(Br)cc1. The fourth-order valence-electron chi connectivity index (χ4n) is 2.56. The van der Waals surface area contributed by atoms with Crippen molar-refractivity contribution in [3.05, 3.63) is 58.7 Å². The second kappa shape index (κ2) is 6.16. The van der Waals surface area contributed by atoms with Crippen molar-refractivity contribution >= 4 is 32.8 Å².